The molecule has 0 aliphatic heterocycles. The SMILES string of the molecule is CCP(=O)(NC(C)C(=O)NO)c1ccccc1.CCP(=O)(c1ccccc1)N(Cc1ccccc1)[C@H](C)C(=O)OC. The number of benzene rings is 3. The third-order valence-corrected chi connectivity index (χ3v) is 12.8. The van der Waals surface area contributed by atoms with Gasteiger partial charge in [0.15, 0.2) is 14.6 Å². The number of hydrogen-bond acceptors (Lipinski definition) is 6. The van der Waals surface area contributed by atoms with Gasteiger partial charge in [0.1, 0.15) is 6.04 Å². The molecule has 3 unspecified atom stereocenters. The lowest BCUT2D eigenvalue weighted by Crippen LogP contribution is -2.41. The van der Waals surface area contributed by atoms with Crippen LogP contribution in [0.4, 0.5) is 0 Å². The van der Waals surface area contributed by atoms with Crippen LogP contribution in [0, 0.1) is 0 Å². The monoisotopic (exact) mass is 601 g/mol. The van der Waals surface area contributed by atoms with Gasteiger partial charge >= 0.3 is 5.97 Å². The van der Waals surface area contributed by atoms with Gasteiger partial charge in [-0.2, -0.15) is 0 Å². The van der Waals surface area contributed by atoms with Crippen LogP contribution in [-0.2, 0) is 30.0 Å². The molecule has 0 heterocycles. The van der Waals surface area contributed by atoms with Crippen molar-refractivity contribution in [1.82, 2.24) is 15.2 Å². The van der Waals surface area contributed by atoms with Gasteiger partial charge < -0.3 is 13.9 Å². The van der Waals surface area contributed by atoms with Crippen LogP contribution in [0.5, 0.6) is 0 Å². The fourth-order valence-corrected chi connectivity index (χ4v) is 9.05. The van der Waals surface area contributed by atoms with E-state index in [0.29, 0.717) is 24.2 Å². The normalized spacial score (nSPS) is 15.3. The van der Waals surface area contributed by atoms with Crippen LogP contribution >= 0.6 is 14.6 Å². The molecular formula is C30H41N3O6P2. The largest absolute Gasteiger partial charge is 0.468 e. The lowest BCUT2D eigenvalue weighted by atomic mass is 10.2. The van der Waals surface area contributed by atoms with Crippen LogP contribution in [-0.4, -0.2) is 53.3 Å². The summed E-state index contributed by atoms with van der Waals surface area (Å²) >= 11 is 0. The minimum absolute atomic E-state index is 0.379. The third kappa shape index (κ3) is 9.22. The van der Waals surface area contributed by atoms with Crippen molar-refractivity contribution in [3.63, 3.8) is 0 Å². The third-order valence-electron chi connectivity index (χ3n) is 6.70. The van der Waals surface area contributed by atoms with E-state index in [1.54, 1.807) is 55.2 Å². The second-order valence-electron chi connectivity index (χ2n) is 9.35. The van der Waals surface area contributed by atoms with Crippen LogP contribution in [0.3, 0.4) is 0 Å². The molecule has 41 heavy (non-hydrogen) atoms. The number of rotatable bonds is 12. The Bertz CT molecular complexity index is 1330. The number of hydroxylamine groups is 1. The van der Waals surface area contributed by atoms with Gasteiger partial charge in [0.2, 0.25) is 0 Å². The van der Waals surface area contributed by atoms with E-state index in [-0.39, 0.29) is 5.97 Å². The number of carbonyl (C=O) groups is 2. The average Bonchev–Trinajstić information content (AvgIpc) is 3.03. The van der Waals surface area contributed by atoms with Gasteiger partial charge in [0.25, 0.3) is 5.91 Å². The molecule has 0 bridgehead atoms. The first kappa shape index (κ1) is 34.1. The van der Waals surface area contributed by atoms with Crippen LogP contribution in [0.2, 0.25) is 0 Å². The number of hydrogen-bond donors (Lipinski definition) is 3. The number of nitrogens with zero attached hydrogens (tertiary/aromatic N) is 1. The number of nitrogens with one attached hydrogen (secondary N) is 2. The predicted octanol–water partition coefficient (Wildman–Crippen LogP) is 4.77. The van der Waals surface area contributed by atoms with E-state index in [9.17, 15) is 18.7 Å². The number of ether oxygens (including phenoxy) is 1. The van der Waals surface area contributed by atoms with Gasteiger partial charge in [-0.15, -0.1) is 0 Å². The highest BCUT2D eigenvalue weighted by atomic mass is 31.2. The maximum absolute atomic E-state index is 13.9. The van der Waals surface area contributed by atoms with Gasteiger partial charge in [0, 0.05) is 29.5 Å². The summed E-state index contributed by atoms with van der Waals surface area (Å²) < 4.78 is 33.2. The molecule has 1 amide bonds. The Kier molecular flexibility index (Phi) is 13.7. The Labute approximate surface area is 243 Å². The van der Waals surface area contributed by atoms with E-state index in [4.69, 9.17) is 9.94 Å². The van der Waals surface area contributed by atoms with Crippen LogP contribution < -0.4 is 21.2 Å². The second-order valence-corrected chi connectivity index (χ2v) is 15.3. The number of amides is 1. The van der Waals surface area contributed by atoms with Crippen molar-refractivity contribution in [2.75, 3.05) is 19.4 Å². The number of esters is 1. The minimum Gasteiger partial charge on any atom is -0.468 e. The quantitative estimate of drug-likeness (QED) is 0.117. The predicted molar refractivity (Wildman–Crippen MR) is 164 cm³/mol. The summed E-state index contributed by atoms with van der Waals surface area (Å²) in [5, 5.41) is 12.8. The van der Waals surface area contributed by atoms with Crippen molar-refractivity contribution in [2.45, 2.75) is 46.3 Å². The Morgan fingerprint density at radius 2 is 1.32 bits per heavy atom. The fraction of sp³-hybridized carbons (Fsp3) is 0.333. The molecule has 3 N–H and O–H groups in total. The Morgan fingerprint density at radius 1 is 0.829 bits per heavy atom. The van der Waals surface area contributed by atoms with E-state index in [1.165, 1.54) is 7.11 Å². The highest BCUT2D eigenvalue weighted by Gasteiger charge is 2.37. The first-order valence-electron chi connectivity index (χ1n) is 13.5. The van der Waals surface area contributed by atoms with Crippen LogP contribution in [0.1, 0.15) is 33.3 Å². The lowest BCUT2D eigenvalue weighted by molar-refractivity contribution is -0.144. The zero-order valence-corrected chi connectivity index (χ0v) is 26.1. The first-order chi connectivity index (χ1) is 19.6. The van der Waals surface area contributed by atoms with E-state index >= 15 is 0 Å². The number of methoxy groups -OCH3 is 1. The summed E-state index contributed by atoms with van der Waals surface area (Å²) in [4.78, 5) is 23.3. The molecule has 3 aromatic rings. The molecule has 0 aromatic heterocycles. The first-order valence-corrected chi connectivity index (χ1v) is 17.2. The Balaban J connectivity index is 0.000000305. The summed E-state index contributed by atoms with van der Waals surface area (Å²) in [5.41, 5.74) is 2.55. The van der Waals surface area contributed by atoms with Gasteiger partial charge in [-0.05, 0) is 19.4 Å². The van der Waals surface area contributed by atoms with E-state index in [0.717, 1.165) is 10.9 Å². The van der Waals surface area contributed by atoms with Crippen molar-refractivity contribution in [2.24, 2.45) is 0 Å². The maximum Gasteiger partial charge on any atom is 0.323 e. The molecule has 0 fully saturated rings. The molecule has 222 valence electrons. The topological polar surface area (TPSA) is 125 Å². The highest BCUT2D eigenvalue weighted by molar-refractivity contribution is 7.69. The Morgan fingerprint density at radius 3 is 1.76 bits per heavy atom. The van der Waals surface area contributed by atoms with Crippen LogP contribution in [0.25, 0.3) is 0 Å². The molecule has 0 aliphatic carbocycles. The van der Waals surface area contributed by atoms with Gasteiger partial charge in [-0.1, -0.05) is 105 Å². The molecular weight excluding hydrogens is 560 g/mol. The second kappa shape index (κ2) is 16.4. The standard InChI is InChI=1S/C19H24NO3P.C11H17N2O3P/c1-4-24(22,18-13-9-6-10-14-18)20(16(2)19(21)23-3)15-17-11-7-5-8-12-17;1-3-17(16,10-7-5-4-6-8-10)13-9(2)11(14)12-15/h5-14,16H,4,15H2,1-3H3;4-9,15H,3H2,1-2H3,(H,12,14)(H,13,16)/t16-,24?;/m1./s1. The zero-order valence-electron chi connectivity index (χ0n) is 24.3. The van der Waals surface area contributed by atoms with E-state index < -0.39 is 32.6 Å². The van der Waals surface area contributed by atoms with Gasteiger partial charge in [-0.3, -0.25) is 19.9 Å². The molecule has 0 aliphatic rings. The molecule has 3 aromatic carbocycles. The average molecular weight is 602 g/mol. The molecule has 0 radical (unpaired) electrons. The zero-order chi connectivity index (χ0) is 30.5. The molecule has 3 rings (SSSR count). The van der Waals surface area contributed by atoms with Crippen LogP contribution in [0.15, 0.2) is 91.0 Å². The van der Waals surface area contributed by atoms with Crippen molar-refractivity contribution in [1.29, 1.82) is 0 Å². The fourth-order valence-electron chi connectivity index (χ4n) is 4.25. The maximum atomic E-state index is 13.9. The molecule has 0 saturated heterocycles. The smallest absolute Gasteiger partial charge is 0.323 e. The Hall–Kier alpha value is -3.06. The van der Waals surface area contributed by atoms with Crippen molar-refractivity contribution < 1.29 is 28.7 Å². The summed E-state index contributed by atoms with van der Waals surface area (Å²) in [5.74, 6) is -0.981. The summed E-state index contributed by atoms with van der Waals surface area (Å²) in [7, 11) is -4.36. The lowest BCUT2D eigenvalue weighted by Gasteiger charge is -2.35. The van der Waals surface area contributed by atoms with Gasteiger partial charge in [-0.25, -0.2) is 10.2 Å². The van der Waals surface area contributed by atoms with E-state index in [1.807, 2.05) is 73.7 Å². The highest BCUT2D eigenvalue weighted by Crippen LogP contribution is 2.50. The summed E-state index contributed by atoms with van der Waals surface area (Å²) in [6.07, 6.45) is 0.852. The molecule has 0 spiro atoms. The van der Waals surface area contributed by atoms with Crippen molar-refractivity contribution >= 4 is 37.1 Å². The van der Waals surface area contributed by atoms with E-state index in [2.05, 4.69) is 5.09 Å². The molecule has 11 heteroatoms. The molecule has 4 atom stereocenters. The minimum atomic E-state index is -2.92. The summed E-state index contributed by atoms with van der Waals surface area (Å²) in [6.45, 7) is 7.42. The molecule has 0 saturated carbocycles. The van der Waals surface area contributed by atoms with Gasteiger partial charge in [0.05, 0.1) is 13.2 Å². The van der Waals surface area contributed by atoms with Crippen molar-refractivity contribution in [3.8, 4) is 0 Å². The molecule has 9 nitrogen and oxygen atoms in total. The van der Waals surface area contributed by atoms with Crippen molar-refractivity contribution in [3.05, 3.63) is 96.6 Å². The summed E-state index contributed by atoms with van der Waals surface area (Å²) in [6, 6.07) is 26.8. The number of carbonyl (C=O) groups excluding carboxylic acids is 2.